The molecule has 0 saturated heterocycles. The first kappa shape index (κ1) is 14.6. The van der Waals surface area contributed by atoms with Crippen molar-refractivity contribution in [2.45, 2.75) is 12.5 Å². The minimum atomic E-state index is -0.628. The van der Waals surface area contributed by atoms with Gasteiger partial charge in [-0.3, -0.25) is 4.79 Å². The molecule has 3 N–H and O–H groups in total. The van der Waals surface area contributed by atoms with Crippen LogP contribution in [0.5, 0.6) is 0 Å². The van der Waals surface area contributed by atoms with E-state index in [2.05, 4.69) is 4.98 Å². The molecule has 1 aromatic carbocycles. The van der Waals surface area contributed by atoms with Crippen molar-refractivity contribution in [3.63, 3.8) is 0 Å². The van der Waals surface area contributed by atoms with Gasteiger partial charge in [-0.15, -0.1) is 0 Å². The highest BCUT2D eigenvalue weighted by Crippen LogP contribution is 2.18. The maximum Gasteiger partial charge on any atom is 0.323 e. The molecule has 0 aliphatic rings. The molecule has 5 nitrogen and oxygen atoms in total. The largest absolute Gasteiger partial charge is 0.463 e. The average molecular weight is 275 g/mol. The first-order valence-corrected chi connectivity index (χ1v) is 6.70. The molecule has 20 heavy (non-hydrogen) atoms. The first-order chi connectivity index (χ1) is 9.58. The highest BCUT2D eigenvalue weighted by molar-refractivity contribution is 5.84. The molecule has 2 aromatic rings. The van der Waals surface area contributed by atoms with Crippen LogP contribution >= 0.6 is 0 Å². The summed E-state index contributed by atoms with van der Waals surface area (Å²) in [7, 11) is 3.86. The first-order valence-electron chi connectivity index (χ1n) is 6.70. The fourth-order valence-electron chi connectivity index (χ4n) is 2.06. The quantitative estimate of drug-likeness (QED) is 0.776. The fourth-order valence-corrected chi connectivity index (χ4v) is 2.06. The molecule has 1 heterocycles. The van der Waals surface area contributed by atoms with Gasteiger partial charge in [-0.1, -0.05) is 18.2 Å². The number of nitrogens with one attached hydrogen (secondary N) is 1. The Morgan fingerprint density at radius 3 is 2.90 bits per heavy atom. The molecule has 0 radical (unpaired) electrons. The maximum absolute atomic E-state index is 11.8. The van der Waals surface area contributed by atoms with E-state index in [1.807, 2.05) is 49.5 Å². The third kappa shape index (κ3) is 3.59. The number of carbonyl (C=O) groups excluding carboxylic acids is 1. The number of esters is 1. The molecule has 0 bridgehead atoms. The van der Waals surface area contributed by atoms with Gasteiger partial charge in [-0.2, -0.15) is 0 Å². The van der Waals surface area contributed by atoms with E-state index < -0.39 is 6.04 Å². The van der Waals surface area contributed by atoms with Crippen LogP contribution < -0.4 is 5.73 Å². The van der Waals surface area contributed by atoms with Crippen molar-refractivity contribution < 1.29 is 9.53 Å². The molecule has 1 atom stereocenters. The molecule has 0 aliphatic heterocycles. The van der Waals surface area contributed by atoms with Gasteiger partial charge in [0, 0.05) is 30.1 Å². The maximum atomic E-state index is 11.8. The van der Waals surface area contributed by atoms with Crippen molar-refractivity contribution in [3.8, 4) is 0 Å². The van der Waals surface area contributed by atoms with Gasteiger partial charge in [0.1, 0.15) is 12.6 Å². The SMILES string of the molecule is CN(C)CCOC(=O)[C@@H](N)Cc1c[nH]c2ccccc12. The topological polar surface area (TPSA) is 71.3 Å². The second kappa shape index (κ2) is 6.54. The summed E-state index contributed by atoms with van der Waals surface area (Å²) in [5.41, 5.74) is 8.01. The molecule has 108 valence electrons. The summed E-state index contributed by atoms with van der Waals surface area (Å²) in [6, 6.07) is 7.33. The van der Waals surface area contributed by atoms with Crippen LogP contribution in [0.2, 0.25) is 0 Å². The number of fused-ring (bicyclic) bond motifs is 1. The second-order valence-electron chi connectivity index (χ2n) is 5.14. The van der Waals surface area contributed by atoms with Gasteiger partial charge in [0.25, 0.3) is 0 Å². The lowest BCUT2D eigenvalue weighted by atomic mass is 10.1. The number of likely N-dealkylation sites (N-methyl/N-ethyl adjacent to an activating group) is 1. The lowest BCUT2D eigenvalue weighted by Crippen LogP contribution is -2.35. The van der Waals surface area contributed by atoms with E-state index >= 15 is 0 Å². The molecule has 0 amide bonds. The number of hydrogen-bond acceptors (Lipinski definition) is 4. The van der Waals surface area contributed by atoms with E-state index in [9.17, 15) is 4.79 Å². The number of para-hydroxylation sites is 1. The summed E-state index contributed by atoms with van der Waals surface area (Å²) >= 11 is 0. The number of ether oxygens (including phenoxy) is 1. The minimum absolute atomic E-state index is 0.350. The number of carbonyl (C=O) groups is 1. The lowest BCUT2D eigenvalue weighted by Gasteiger charge is -2.13. The molecule has 0 unspecified atom stereocenters. The van der Waals surface area contributed by atoms with E-state index in [0.29, 0.717) is 19.6 Å². The molecule has 0 aliphatic carbocycles. The van der Waals surface area contributed by atoms with E-state index in [0.717, 1.165) is 16.5 Å². The van der Waals surface area contributed by atoms with Crippen molar-refractivity contribution in [3.05, 3.63) is 36.0 Å². The Kier molecular flexibility index (Phi) is 4.76. The number of H-pyrrole nitrogens is 1. The number of benzene rings is 1. The normalized spacial score (nSPS) is 12.8. The molecular formula is C15H21N3O2. The van der Waals surface area contributed by atoms with Crippen LogP contribution in [0.15, 0.2) is 30.5 Å². The highest BCUT2D eigenvalue weighted by atomic mass is 16.5. The van der Waals surface area contributed by atoms with Gasteiger partial charge in [-0.25, -0.2) is 0 Å². The van der Waals surface area contributed by atoms with Gasteiger partial charge in [0.15, 0.2) is 0 Å². The van der Waals surface area contributed by atoms with Crippen LogP contribution in [0, 0.1) is 0 Å². The highest BCUT2D eigenvalue weighted by Gasteiger charge is 2.17. The number of aromatic amines is 1. The van der Waals surface area contributed by atoms with Crippen LogP contribution in [0.3, 0.4) is 0 Å². The molecule has 5 heteroatoms. The molecular weight excluding hydrogens is 254 g/mol. The molecule has 1 aromatic heterocycles. The van der Waals surface area contributed by atoms with E-state index in [1.165, 1.54) is 0 Å². The van der Waals surface area contributed by atoms with Gasteiger partial charge < -0.3 is 20.4 Å². The third-order valence-electron chi connectivity index (χ3n) is 3.20. The number of aromatic nitrogens is 1. The number of hydrogen-bond donors (Lipinski definition) is 2. The average Bonchev–Trinajstić information content (AvgIpc) is 2.81. The summed E-state index contributed by atoms with van der Waals surface area (Å²) in [4.78, 5) is 16.9. The van der Waals surface area contributed by atoms with Crippen molar-refractivity contribution in [1.29, 1.82) is 0 Å². The zero-order chi connectivity index (χ0) is 14.5. The van der Waals surface area contributed by atoms with Crippen molar-refractivity contribution >= 4 is 16.9 Å². The van der Waals surface area contributed by atoms with Crippen LogP contribution in [0.25, 0.3) is 10.9 Å². The minimum Gasteiger partial charge on any atom is -0.463 e. The van der Waals surface area contributed by atoms with E-state index in [-0.39, 0.29) is 5.97 Å². The Bertz CT molecular complexity index is 577. The molecule has 0 fully saturated rings. The predicted molar refractivity (Wildman–Crippen MR) is 79.5 cm³/mol. The zero-order valence-corrected chi connectivity index (χ0v) is 11.9. The van der Waals surface area contributed by atoms with Gasteiger partial charge in [-0.05, 0) is 25.7 Å². The van der Waals surface area contributed by atoms with Gasteiger partial charge >= 0.3 is 5.97 Å². The van der Waals surface area contributed by atoms with Gasteiger partial charge in [0.2, 0.25) is 0 Å². The summed E-state index contributed by atoms with van der Waals surface area (Å²) in [6.45, 7) is 1.07. The standard InChI is InChI=1S/C15H21N3O2/c1-18(2)7-8-20-15(19)13(16)9-11-10-17-14-6-4-3-5-12(11)14/h3-6,10,13,17H,7-9,16H2,1-2H3/t13-/m0/s1. The van der Waals surface area contributed by atoms with Crippen LogP contribution in [-0.4, -0.2) is 49.1 Å². The smallest absolute Gasteiger partial charge is 0.323 e. The summed E-state index contributed by atoms with van der Waals surface area (Å²) in [6.07, 6.45) is 2.38. The Balaban J connectivity index is 1.93. The summed E-state index contributed by atoms with van der Waals surface area (Å²) in [5, 5.41) is 1.10. The Morgan fingerprint density at radius 1 is 1.40 bits per heavy atom. The third-order valence-corrected chi connectivity index (χ3v) is 3.20. The zero-order valence-electron chi connectivity index (χ0n) is 11.9. The van der Waals surface area contributed by atoms with Crippen LogP contribution in [0.1, 0.15) is 5.56 Å². The van der Waals surface area contributed by atoms with Gasteiger partial charge in [0.05, 0.1) is 0 Å². The fraction of sp³-hybridized carbons (Fsp3) is 0.400. The lowest BCUT2D eigenvalue weighted by molar-refractivity contribution is -0.145. The number of nitrogens with two attached hydrogens (primary N) is 1. The van der Waals surface area contributed by atoms with Crippen LogP contribution in [-0.2, 0) is 16.0 Å². The van der Waals surface area contributed by atoms with E-state index in [4.69, 9.17) is 10.5 Å². The van der Waals surface area contributed by atoms with Crippen molar-refractivity contribution in [2.75, 3.05) is 27.2 Å². The molecule has 0 spiro atoms. The summed E-state index contributed by atoms with van der Waals surface area (Å²) in [5.74, 6) is -0.350. The van der Waals surface area contributed by atoms with Crippen LogP contribution in [0.4, 0.5) is 0 Å². The number of nitrogens with zero attached hydrogens (tertiary/aromatic N) is 1. The Morgan fingerprint density at radius 2 is 2.15 bits per heavy atom. The van der Waals surface area contributed by atoms with Crippen molar-refractivity contribution in [2.24, 2.45) is 5.73 Å². The second-order valence-corrected chi connectivity index (χ2v) is 5.14. The Labute approximate surface area is 118 Å². The summed E-state index contributed by atoms with van der Waals surface area (Å²) < 4.78 is 5.16. The molecule has 0 saturated carbocycles. The molecule has 2 rings (SSSR count). The number of rotatable bonds is 6. The van der Waals surface area contributed by atoms with Crippen molar-refractivity contribution in [1.82, 2.24) is 9.88 Å². The predicted octanol–water partition coefficient (Wildman–Crippen LogP) is 1.14. The Hall–Kier alpha value is -1.85. The van der Waals surface area contributed by atoms with E-state index in [1.54, 1.807) is 0 Å². The monoisotopic (exact) mass is 275 g/mol.